The van der Waals surface area contributed by atoms with Gasteiger partial charge in [0.2, 0.25) is 0 Å². The summed E-state index contributed by atoms with van der Waals surface area (Å²) in [7, 11) is 0. The fraction of sp³-hybridized carbons (Fsp3) is 0.571. The van der Waals surface area contributed by atoms with E-state index in [9.17, 15) is 0 Å². The van der Waals surface area contributed by atoms with Gasteiger partial charge in [-0.3, -0.25) is 0 Å². The Hall–Kier alpha value is -0.240. The van der Waals surface area contributed by atoms with E-state index in [4.69, 9.17) is 23.2 Å². The number of hydrogen-bond acceptors (Lipinski definition) is 1. The molecule has 0 aromatic heterocycles. The van der Waals surface area contributed by atoms with E-state index in [0.29, 0.717) is 16.1 Å². The van der Waals surface area contributed by atoms with Crippen LogP contribution in [-0.4, -0.2) is 12.6 Å². The molecule has 0 bridgehead atoms. The Kier molecular flexibility index (Phi) is 6.94. The Morgan fingerprint density at radius 2 is 2.00 bits per heavy atom. The van der Waals surface area contributed by atoms with Gasteiger partial charge in [-0.05, 0) is 43.9 Å². The highest BCUT2D eigenvalue weighted by Gasteiger charge is 2.07. The number of halogens is 2. The molecule has 1 N–H and O–H groups in total. The molecule has 0 fully saturated rings. The molecule has 1 unspecified atom stereocenters. The van der Waals surface area contributed by atoms with Crippen molar-refractivity contribution in [2.45, 2.75) is 45.6 Å². The Morgan fingerprint density at radius 3 is 2.65 bits per heavy atom. The minimum absolute atomic E-state index is 0.623. The van der Waals surface area contributed by atoms with Gasteiger partial charge < -0.3 is 5.32 Å². The highest BCUT2D eigenvalue weighted by molar-refractivity contribution is 6.42. The van der Waals surface area contributed by atoms with Crippen LogP contribution in [0.3, 0.4) is 0 Å². The lowest BCUT2D eigenvalue weighted by Gasteiger charge is -2.15. The SMILES string of the molecule is CCNC(CC)CCCc1cccc(Cl)c1Cl. The van der Waals surface area contributed by atoms with Crippen LogP contribution in [0.4, 0.5) is 0 Å². The number of aryl methyl sites for hydroxylation is 1. The molecule has 1 atom stereocenters. The Morgan fingerprint density at radius 1 is 1.24 bits per heavy atom. The molecular weight excluding hydrogens is 253 g/mol. The molecule has 0 spiro atoms. The van der Waals surface area contributed by atoms with Crippen molar-refractivity contribution in [1.82, 2.24) is 5.32 Å². The van der Waals surface area contributed by atoms with E-state index in [0.717, 1.165) is 24.9 Å². The second kappa shape index (κ2) is 7.97. The molecule has 3 heteroatoms. The zero-order valence-corrected chi connectivity index (χ0v) is 12.1. The van der Waals surface area contributed by atoms with Gasteiger partial charge in [-0.2, -0.15) is 0 Å². The van der Waals surface area contributed by atoms with Crippen LogP contribution in [0.25, 0.3) is 0 Å². The zero-order chi connectivity index (χ0) is 12.7. The van der Waals surface area contributed by atoms with Crippen LogP contribution in [0.15, 0.2) is 18.2 Å². The van der Waals surface area contributed by atoms with Gasteiger partial charge in [-0.25, -0.2) is 0 Å². The number of hydrogen-bond donors (Lipinski definition) is 1. The lowest BCUT2D eigenvalue weighted by atomic mass is 10.0. The third kappa shape index (κ3) is 4.87. The van der Waals surface area contributed by atoms with E-state index >= 15 is 0 Å². The average Bonchev–Trinajstić information content (AvgIpc) is 2.33. The van der Waals surface area contributed by atoms with Crippen LogP contribution in [0.1, 0.15) is 38.7 Å². The molecule has 0 aliphatic rings. The molecule has 1 rings (SSSR count). The van der Waals surface area contributed by atoms with Gasteiger partial charge in [-0.15, -0.1) is 0 Å². The van der Waals surface area contributed by atoms with Crippen LogP contribution in [0.5, 0.6) is 0 Å². The normalized spacial score (nSPS) is 12.7. The smallest absolute Gasteiger partial charge is 0.0624 e. The zero-order valence-electron chi connectivity index (χ0n) is 10.6. The van der Waals surface area contributed by atoms with E-state index in [1.54, 1.807) is 0 Å². The molecule has 1 aromatic carbocycles. The predicted octanol–water partition coefficient (Wildman–Crippen LogP) is 4.70. The maximum Gasteiger partial charge on any atom is 0.0624 e. The Labute approximate surface area is 115 Å². The second-order valence-corrected chi connectivity index (χ2v) is 5.05. The predicted molar refractivity (Wildman–Crippen MR) is 77.2 cm³/mol. The lowest BCUT2D eigenvalue weighted by molar-refractivity contribution is 0.467. The summed E-state index contributed by atoms with van der Waals surface area (Å²) < 4.78 is 0. The van der Waals surface area contributed by atoms with E-state index < -0.39 is 0 Å². The van der Waals surface area contributed by atoms with Crippen LogP contribution in [0.2, 0.25) is 10.0 Å². The molecule has 96 valence electrons. The standard InChI is InChI=1S/C14H21Cl2N/c1-3-12(17-4-2)9-5-7-11-8-6-10-13(15)14(11)16/h6,8,10,12,17H,3-5,7,9H2,1-2H3. The first-order chi connectivity index (χ1) is 8.19. The topological polar surface area (TPSA) is 12.0 Å². The largest absolute Gasteiger partial charge is 0.314 e. The van der Waals surface area contributed by atoms with Gasteiger partial charge in [0.1, 0.15) is 0 Å². The molecule has 1 aromatic rings. The third-order valence-corrected chi connectivity index (χ3v) is 3.87. The van der Waals surface area contributed by atoms with Crippen molar-refractivity contribution in [2.24, 2.45) is 0 Å². The summed E-state index contributed by atoms with van der Waals surface area (Å²) in [5, 5.41) is 4.85. The number of rotatable bonds is 7. The summed E-state index contributed by atoms with van der Waals surface area (Å²) in [6, 6.07) is 6.48. The summed E-state index contributed by atoms with van der Waals surface area (Å²) in [4.78, 5) is 0. The maximum absolute atomic E-state index is 6.16. The first-order valence-corrected chi connectivity index (χ1v) is 7.10. The minimum Gasteiger partial charge on any atom is -0.314 e. The molecular formula is C14H21Cl2N. The van der Waals surface area contributed by atoms with Crippen molar-refractivity contribution < 1.29 is 0 Å². The van der Waals surface area contributed by atoms with Gasteiger partial charge >= 0.3 is 0 Å². The second-order valence-electron chi connectivity index (χ2n) is 4.27. The highest BCUT2D eigenvalue weighted by Crippen LogP contribution is 2.26. The third-order valence-electron chi connectivity index (χ3n) is 3.02. The summed E-state index contributed by atoms with van der Waals surface area (Å²) >= 11 is 12.1. The summed E-state index contributed by atoms with van der Waals surface area (Å²) in [6.45, 7) is 5.41. The van der Waals surface area contributed by atoms with Crippen LogP contribution in [0, 0.1) is 0 Å². The van der Waals surface area contributed by atoms with Crippen molar-refractivity contribution in [1.29, 1.82) is 0 Å². The van der Waals surface area contributed by atoms with E-state index in [-0.39, 0.29) is 0 Å². The first-order valence-electron chi connectivity index (χ1n) is 6.35. The Bertz CT molecular complexity index is 339. The van der Waals surface area contributed by atoms with E-state index in [1.807, 2.05) is 12.1 Å². The summed E-state index contributed by atoms with van der Waals surface area (Å²) in [6.07, 6.45) is 4.51. The van der Waals surface area contributed by atoms with Gasteiger partial charge in [-0.1, -0.05) is 49.2 Å². The highest BCUT2D eigenvalue weighted by atomic mass is 35.5. The molecule has 0 aliphatic heterocycles. The average molecular weight is 274 g/mol. The van der Waals surface area contributed by atoms with Gasteiger partial charge in [0.15, 0.2) is 0 Å². The molecule has 0 aliphatic carbocycles. The number of nitrogens with one attached hydrogen (secondary N) is 1. The van der Waals surface area contributed by atoms with Crippen molar-refractivity contribution in [3.8, 4) is 0 Å². The molecule has 0 saturated carbocycles. The van der Waals surface area contributed by atoms with Crippen LogP contribution in [-0.2, 0) is 6.42 Å². The quantitative estimate of drug-likeness (QED) is 0.759. The summed E-state index contributed by atoms with van der Waals surface area (Å²) in [5.41, 5.74) is 1.16. The van der Waals surface area contributed by atoms with Crippen molar-refractivity contribution in [3.05, 3.63) is 33.8 Å². The monoisotopic (exact) mass is 273 g/mol. The summed E-state index contributed by atoms with van der Waals surface area (Å²) in [5.74, 6) is 0. The number of benzene rings is 1. The minimum atomic E-state index is 0.623. The molecule has 17 heavy (non-hydrogen) atoms. The molecule has 1 nitrogen and oxygen atoms in total. The first kappa shape index (κ1) is 14.8. The van der Waals surface area contributed by atoms with E-state index in [2.05, 4.69) is 25.2 Å². The molecule has 0 amide bonds. The molecule has 0 saturated heterocycles. The van der Waals surface area contributed by atoms with E-state index in [1.165, 1.54) is 12.8 Å². The van der Waals surface area contributed by atoms with Gasteiger partial charge in [0.05, 0.1) is 10.0 Å². The fourth-order valence-corrected chi connectivity index (χ4v) is 2.43. The maximum atomic E-state index is 6.16. The van der Waals surface area contributed by atoms with Crippen LogP contribution < -0.4 is 5.32 Å². The lowest BCUT2D eigenvalue weighted by Crippen LogP contribution is -2.28. The Balaban J connectivity index is 2.42. The van der Waals surface area contributed by atoms with Gasteiger partial charge in [0, 0.05) is 6.04 Å². The van der Waals surface area contributed by atoms with Crippen molar-refractivity contribution in [3.63, 3.8) is 0 Å². The molecule has 0 heterocycles. The molecule has 0 radical (unpaired) electrons. The van der Waals surface area contributed by atoms with Crippen molar-refractivity contribution in [2.75, 3.05) is 6.54 Å². The fourth-order valence-electron chi connectivity index (χ4n) is 2.02. The van der Waals surface area contributed by atoms with Crippen LogP contribution >= 0.6 is 23.2 Å². The van der Waals surface area contributed by atoms with Gasteiger partial charge in [0.25, 0.3) is 0 Å². The van der Waals surface area contributed by atoms with Crippen molar-refractivity contribution >= 4 is 23.2 Å².